The first-order valence-electron chi connectivity index (χ1n) is 6.36. The summed E-state index contributed by atoms with van der Waals surface area (Å²) < 4.78 is 0. The van der Waals surface area contributed by atoms with Crippen LogP contribution < -0.4 is 0 Å². The molecule has 104 valence electrons. The van der Waals surface area contributed by atoms with Crippen molar-refractivity contribution in [3.8, 4) is 0 Å². The van der Waals surface area contributed by atoms with E-state index in [0.29, 0.717) is 28.6 Å². The van der Waals surface area contributed by atoms with Crippen molar-refractivity contribution >= 4 is 29.0 Å². The molecule has 2 rings (SSSR count). The third kappa shape index (κ3) is 3.69. The van der Waals surface area contributed by atoms with Crippen LogP contribution in [-0.2, 0) is 0 Å². The highest BCUT2D eigenvalue weighted by Crippen LogP contribution is 2.22. The van der Waals surface area contributed by atoms with E-state index in [1.165, 1.54) is 0 Å². The van der Waals surface area contributed by atoms with Crippen molar-refractivity contribution in [3.05, 3.63) is 33.8 Å². The molecule has 3 nitrogen and oxygen atoms in total. The minimum Gasteiger partial charge on any atom is -0.393 e. The maximum absolute atomic E-state index is 12.2. The quantitative estimate of drug-likeness (QED) is 0.873. The van der Waals surface area contributed by atoms with E-state index in [1.807, 2.05) is 6.92 Å². The van der Waals surface area contributed by atoms with Crippen molar-refractivity contribution in [1.82, 2.24) is 4.90 Å². The Kier molecular flexibility index (Phi) is 4.85. The number of benzene rings is 1. The van der Waals surface area contributed by atoms with E-state index in [1.54, 1.807) is 18.2 Å². The van der Waals surface area contributed by atoms with Crippen LogP contribution in [0.4, 0.5) is 0 Å². The average molecular weight is 302 g/mol. The summed E-state index contributed by atoms with van der Waals surface area (Å²) in [6, 6.07) is 4.91. The summed E-state index contributed by atoms with van der Waals surface area (Å²) in [5.74, 6) is 0.160. The fraction of sp³-hybridized carbons (Fsp3) is 0.500. The number of rotatable bonds is 3. The number of aliphatic hydroxyl groups excluding tert-OH is 1. The van der Waals surface area contributed by atoms with Crippen LogP contribution in [-0.4, -0.2) is 41.5 Å². The van der Waals surface area contributed by atoms with Gasteiger partial charge in [0.1, 0.15) is 0 Å². The number of aliphatic hydroxyl groups is 1. The highest BCUT2D eigenvalue weighted by Gasteiger charge is 2.26. The largest absolute Gasteiger partial charge is 0.393 e. The van der Waals surface area contributed by atoms with Gasteiger partial charge < -0.3 is 5.11 Å². The molecule has 1 aromatic rings. The summed E-state index contributed by atoms with van der Waals surface area (Å²) in [4.78, 5) is 14.3. The highest BCUT2D eigenvalue weighted by molar-refractivity contribution is 6.36. The van der Waals surface area contributed by atoms with Crippen LogP contribution in [0.2, 0.25) is 10.0 Å². The number of carbonyl (C=O) groups excluding carboxylic acids is 1. The van der Waals surface area contributed by atoms with Crippen LogP contribution in [0.25, 0.3) is 0 Å². The van der Waals surface area contributed by atoms with Gasteiger partial charge in [0.05, 0.1) is 17.7 Å². The standard InChI is InChI=1S/C14H17Cl2NO2/c1-9-7-17(5-4-13(9)18)8-14(19)11-6-10(15)2-3-12(11)16/h2-3,6,9,13,18H,4-5,7-8H2,1H3. The van der Waals surface area contributed by atoms with Crippen molar-refractivity contribution in [1.29, 1.82) is 0 Å². The lowest BCUT2D eigenvalue weighted by molar-refractivity contribution is 0.0344. The number of halogens is 2. The van der Waals surface area contributed by atoms with E-state index in [9.17, 15) is 9.90 Å². The summed E-state index contributed by atoms with van der Waals surface area (Å²) in [6.07, 6.45) is 0.443. The molecule has 19 heavy (non-hydrogen) atoms. The maximum Gasteiger partial charge on any atom is 0.178 e. The normalized spacial score (nSPS) is 24.4. The Hall–Kier alpha value is -0.610. The first kappa shape index (κ1) is 14.8. The van der Waals surface area contributed by atoms with Crippen molar-refractivity contribution in [2.24, 2.45) is 5.92 Å². The second-order valence-corrected chi connectivity index (χ2v) is 5.96. The first-order chi connectivity index (χ1) is 8.97. The molecule has 1 aromatic carbocycles. The average Bonchev–Trinajstić information content (AvgIpc) is 2.36. The Morgan fingerprint density at radius 3 is 2.89 bits per heavy atom. The molecule has 1 aliphatic heterocycles. The van der Waals surface area contributed by atoms with Crippen LogP contribution in [0, 0.1) is 5.92 Å². The molecule has 1 fully saturated rings. The Labute approximate surface area is 123 Å². The van der Waals surface area contributed by atoms with Crippen molar-refractivity contribution in [3.63, 3.8) is 0 Å². The number of piperidine rings is 1. The van der Waals surface area contributed by atoms with Gasteiger partial charge in [0.15, 0.2) is 5.78 Å². The van der Waals surface area contributed by atoms with E-state index in [-0.39, 0.29) is 17.8 Å². The lowest BCUT2D eigenvalue weighted by Gasteiger charge is -2.33. The predicted octanol–water partition coefficient (Wildman–Crippen LogP) is 2.88. The number of Topliss-reactive ketones (excluding diaryl/α,β-unsaturated/α-hetero) is 1. The Morgan fingerprint density at radius 2 is 2.21 bits per heavy atom. The van der Waals surface area contributed by atoms with Gasteiger partial charge in [0.25, 0.3) is 0 Å². The summed E-state index contributed by atoms with van der Waals surface area (Å²) in [6.45, 7) is 3.77. The van der Waals surface area contributed by atoms with Crippen molar-refractivity contribution in [2.75, 3.05) is 19.6 Å². The molecule has 1 saturated heterocycles. The van der Waals surface area contributed by atoms with Gasteiger partial charge in [-0.15, -0.1) is 0 Å². The highest BCUT2D eigenvalue weighted by atomic mass is 35.5. The van der Waals surface area contributed by atoms with Crippen LogP contribution in [0.1, 0.15) is 23.7 Å². The lowest BCUT2D eigenvalue weighted by Crippen LogP contribution is -2.44. The molecule has 0 aromatic heterocycles. The third-order valence-corrected chi connectivity index (χ3v) is 4.10. The van der Waals surface area contributed by atoms with E-state index < -0.39 is 0 Å². The van der Waals surface area contributed by atoms with Gasteiger partial charge >= 0.3 is 0 Å². The molecule has 1 aliphatic rings. The minimum atomic E-state index is -0.263. The Morgan fingerprint density at radius 1 is 1.47 bits per heavy atom. The zero-order valence-electron chi connectivity index (χ0n) is 10.8. The SMILES string of the molecule is CC1CN(CC(=O)c2cc(Cl)ccc2Cl)CCC1O. The molecule has 0 amide bonds. The molecule has 2 unspecified atom stereocenters. The van der Waals surface area contributed by atoms with Gasteiger partial charge in [-0.05, 0) is 30.5 Å². The maximum atomic E-state index is 12.2. The number of carbonyl (C=O) groups is 1. The minimum absolute atomic E-state index is 0.0314. The molecular weight excluding hydrogens is 285 g/mol. The molecule has 0 radical (unpaired) electrons. The smallest absolute Gasteiger partial charge is 0.178 e. The topological polar surface area (TPSA) is 40.5 Å². The monoisotopic (exact) mass is 301 g/mol. The number of nitrogens with zero attached hydrogens (tertiary/aromatic N) is 1. The lowest BCUT2D eigenvalue weighted by atomic mass is 9.96. The molecule has 0 bridgehead atoms. The number of ketones is 1. The predicted molar refractivity (Wildman–Crippen MR) is 77.0 cm³/mol. The fourth-order valence-electron chi connectivity index (χ4n) is 2.36. The molecule has 0 aliphatic carbocycles. The second kappa shape index (κ2) is 6.23. The molecule has 1 heterocycles. The molecule has 1 N–H and O–H groups in total. The number of hydrogen-bond donors (Lipinski definition) is 1. The molecular formula is C14H17Cl2NO2. The summed E-state index contributed by atoms with van der Waals surface area (Å²) in [5.41, 5.74) is 0.466. The number of hydrogen-bond acceptors (Lipinski definition) is 3. The zero-order chi connectivity index (χ0) is 14.0. The summed E-state index contributed by atoms with van der Waals surface area (Å²) in [7, 11) is 0. The Balaban J connectivity index is 2.03. The van der Waals surface area contributed by atoms with Gasteiger partial charge in [-0.2, -0.15) is 0 Å². The van der Waals surface area contributed by atoms with E-state index >= 15 is 0 Å². The molecule has 2 atom stereocenters. The van der Waals surface area contributed by atoms with E-state index in [2.05, 4.69) is 4.90 Å². The summed E-state index contributed by atoms with van der Waals surface area (Å²) >= 11 is 11.9. The van der Waals surface area contributed by atoms with Crippen molar-refractivity contribution in [2.45, 2.75) is 19.4 Å². The zero-order valence-corrected chi connectivity index (χ0v) is 12.3. The van der Waals surface area contributed by atoms with Gasteiger partial charge in [-0.1, -0.05) is 30.1 Å². The second-order valence-electron chi connectivity index (χ2n) is 5.12. The van der Waals surface area contributed by atoms with E-state index in [4.69, 9.17) is 23.2 Å². The van der Waals surface area contributed by atoms with Crippen LogP contribution >= 0.6 is 23.2 Å². The molecule has 5 heteroatoms. The molecule has 0 spiro atoms. The van der Waals surface area contributed by atoms with Crippen LogP contribution in [0.15, 0.2) is 18.2 Å². The third-order valence-electron chi connectivity index (χ3n) is 3.54. The van der Waals surface area contributed by atoms with Gasteiger partial charge in [-0.25, -0.2) is 0 Å². The van der Waals surface area contributed by atoms with Crippen molar-refractivity contribution < 1.29 is 9.90 Å². The van der Waals surface area contributed by atoms with Crippen LogP contribution in [0.3, 0.4) is 0 Å². The van der Waals surface area contributed by atoms with Gasteiger partial charge in [0.2, 0.25) is 0 Å². The van der Waals surface area contributed by atoms with Crippen LogP contribution in [0.5, 0.6) is 0 Å². The molecule has 0 saturated carbocycles. The Bertz CT molecular complexity index is 479. The number of likely N-dealkylation sites (tertiary alicyclic amines) is 1. The fourth-order valence-corrected chi connectivity index (χ4v) is 2.76. The summed E-state index contributed by atoms with van der Waals surface area (Å²) in [5, 5.41) is 10.6. The first-order valence-corrected chi connectivity index (χ1v) is 7.11. The van der Waals surface area contributed by atoms with Gasteiger partial charge in [0, 0.05) is 23.7 Å². The van der Waals surface area contributed by atoms with E-state index in [0.717, 1.165) is 13.1 Å². The van der Waals surface area contributed by atoms with Gasteiger partial charge in [-0.3, -0.25) is 9.69 Å².